The van der Waals surface area contributed by atoms with E-state index >= 15 is 0 Å². The van der Waals surface area contributed by atoms with E-state index < -0.39 is 0 Å². The third kappa shape index (κ3) is 2.36. The van der Waals surface area contributed by atoms with Gasteiger partial charge in [-0.2, -0.15) is 0 Å². The number of anilines is 1. The number of fused-ring (bicyclic) bond motifs is 1. The first-order chi connectivity index (χ1) is 8.13. The van der Waals surface area contributed by atoms with Crippen LogP contribution >= 0.6 is 0 Å². The quantitative estimate of drug-likeness (QED) is 0.793. The summed E-state index contributed by atoms with van der Waals surface area (Å²) in [6.07, 6.45) is 1.99. The van der Waals surface area contributed by atoms with Crippen molar-refractivity contribution in [3.05, 3.63) is 29.8 Å². The van der Waals surface area contributed by atoms with E-state index in [1.54, 1.807) is 0 Å². The van der Waals surface area contributed by atoms with Crippen molar-refractivity contribution >= 4 is 11.5 Å². The molecule has 1 aromatic carbocycles. The van der Waals surface area contributed by atoms with Crippen molar-refractivity contribution in [2.24, 2.45) is 5.92 Å². The molecular formula is C15H21NO. The second kappa shape index (κ2) is 4.91. The zero-order valence-corrected chi connectivity index (χ0v) is 10.9. The molecule has 2 rings (SSSR count). The number of hydrogen-bond acceptors (Lipinski definition) is 2. The molecule has 92 valence electrons. The predicted molar refractivity (Wildman–Crippen MR) is 71.4 cm³/mol. The highest BCUT2D eigenvalue weighted by Gasteiger charge is 2.27. The van der Waals surface area contributed by atoms with Gasteiger partial charge in [0, 0.05) is 17.6 Å². The maximum absolute atomic E-state index is 12.0. The van der Waals surface area contributed by atoms with Crippen molar-refractivity contribution in [1.82, 2.24) is 0 Å². The second-order valence-corrected chi connectivity index (χ2v) is 5.09. The van der Waals surface area contributed by atoms with Crippen LogP contribution in [0.2, 0.25) is 0 Å². The first kappa shape index (κ1) is 12.2. The third-order valence-corrected chi connectivity index (χ3v) is 3.84. The molecule has 2 heteroatoms. The molecule has 0 N–H and O–H groups in total. The molecule has 0 aromatic heterocycles. The zero-order valence-electron chi connectivity index (χ0n) is 10.9. The fourth-order valence-electron chi connectivity index (χ4n) is 2.42. The summed E-state index contributed by atoms with van der Waals surface area (Å²) in [5, 5.41) is 0. The molecule has 0 spiro atoms. The normalized spacial score (nSPS) is 20.2. The van der Waals surface area contributed by atoms with Gasteiger partial charge in [0.05, 0.1) is 6.54 Å². The summed E-state index contributed by atoms with van der Waals surface area (Å²) in [5.74, 6) is 0.533. The van der Waals surface area contributed by atoms with Gasteiger partial charge in [0.15, 0.2) is 5.78 Å². The monoisotopic (exact) mass is 231 g/mol. The predicted octanol–water partition coefficient (Wildman–Crippen LogP) is 3.05. The van der Waals surface area contributed by atoms with Gasteiger partial charge >= 0.3 is 0 Å². The van der Waals surface area contributed by atoms with Gasteiger partial charge in [-0.3, -0.25) is 4.79 Å². The van der Waals surface area contributed by atoms with Crippen LogP contribution in [0.5, 0.6) is 0 Å². The Morgan fingerprint density at radius 2 is 2.18 bits per heavy atom. The van der Waals surface area contributed by atoms with E-state index in [2.05, 4.69) is 43.0 Å². The van der Waals surface area contributed by atoms with E-state index in [1.165, 1.54) is 11.3 Å². The van der Waals surface area contributed by atoms with Crippen molar-refractivity contribution in [2.45, 2.75) is 39.7 Å². The number of Topliss-reactive ketones (excluding diaryl/α,β-unsaturated/α-hetero) is 1. The number of hydrogen-bond donors (Lipinski definition) is 0. The molecule has 0 fully saturated rings. The molecule has 1 aromatic rings. The molecule has 2 nitrogen and oxygen atoms in total. The highest BCUT2D eigenvalue weighted by atomic mass is 16.1. The van der Waals surface area contributed by atoms with Crippen LogP contribution < -0.4 is 4.90 Å². The number of para-hydroxylation sites is 1. The summed E-state index contributed by atoms with van der Waals surface area (Å²) in [6.45, 7) is 6.86. The largest absolute Gasteiger partial charge is 0.361 e. The first-order valence-corrected chi connectivity index (χ1v) is 6.50. The Balaban J connectivity index is 2.14. The minimum atomic E-state index is 0.176. The molecule has 0 saturated heterocycles. The van der Waals surface area contributed by atoms with Crippen LogP contribution in [-0.2, 0) is 11.2 Å². The van der Waals surface area contributed by atoms with Gasteiger partial charge in [-0.25, -0.2) is 0 Å². The van der Waals surface area contributed by atoms with E-state index in [0.29, 0.717) is 18.4 Å². The van der Waals surface area contributed by atoms with Gasteiger partial charge in [-0.1, -0.05) is 32.0 Å². The van der Waals surface area contributed by atoms with Gasteiger partial charge in [-0.15, -0.1) is 0 Å². The average Bonchev–Trinajstić information content (AvgIpc) is 2.65. The maximum atomic E-state index is 12.0. The van der Waals surface area contributed by atoms with Crippen molar-refractivity contribution in [1.29, 1.82) is 0 Å². The summed E-state index contributed by atoms with van der Waals surface area (Å²) in [6, 6.07) is 8.87. The number of carbonyl (C=O) groups excluding carboxylic acids is 1. The minimum Gasteiger partial charge on any atom is -0.361 e. The number of carbonyl (C=O) groups is 1. The Bertz CT molecular complexity index is 413. The summed E-state index contributed by atoms with van der Waals surface area (Å²) in [4.78, 5) is 14.3. The van der Waals surface area contributed by atoms with Crippen molar-refractivity contribution in [3.63, 3.8) is 0 Å². The van der Waals surface area contributed by atoms with Crippen LogP contribution in [0.3, 0.4) is 0 Å². The van der Waals surface area contributed by atoms with Gasteiger partial charge in [-0.05, 0) is 31.4 Å². The molecular weight excluding hydrogens is 210 g/mol. The van der Waals surface area contributed by atoms with Crippen LogP contribution in [0.25, 0.3) is 0 Å². The summed E-state index contributed by atoms with van der Waals surface area (Å²) in [5.41, 5.74) is 2.62. The molecule has 2 unspecified atom stereocenters. The van der Waals surface area contributed by atoms with E-state index in [9.17, 15) is 4.79 Å². The van der Waals surface area contributed by atoms with Gasteiger partial charge in [0.25, 0.3) is 0 Å². The summed E-state index contributed by atoms with van der Waals surface area (Å²) in [7, 11) is 0. The van der Waals surface area contributed by atoms with Crippen molar-refractivity contribution in [3.8, 4) is 0 Å². The topological polar surface area (TPSA) is 20.3 Å². The lowest BCUT2D eigenvalue weighted by molar-refractivity contribution is -0.121. The highest BCUT2D eigenvalue weighted by Crippen LogP contribution is 2.31. The van der Waals surface area contributed by atoms with E-state index in [0.717, 1.165) is 12.8 Å². The number of benzene rings is 1. The van der Waals surface area contributed by atoms with Crippen molar-refractivity contribution < 1.29 is 4.79 Å². The lowest BCUT2D eigenvalue weighted by Gasteiger charge is -2.25. The molecule has 1 heterocycles. The number of ketones is 1. The van der Waals surface area contributed by atoms with Gasteiger partial charge in [0.1, 0.15) is 0 Å². The highest BCUT2D eigenvalue weighted by molar-refractivity contribution is 5.86. The lowest BCUT2D eigenvalue weighted by Crippen LogP contribution is -2.36. The van der Waals surface area contributed by atoms with Crippen LogP contribution in [0.4, 0.5) is 5.69 Å². The van der Waals surface area contributed by atoms with Gasteiger partial charge in [0.2, 0.25) is 0 Å². The Morgan fingerprint density at radius 1 is 1.47 bits per heavy atom. The number of rotatable bonds is 4. The van der Waals surface area contributed by atoms with Crippen LogP contribution in [0.1, 0.15) is 32.8 Å². The smallest absolute Gasteiger partial charge is 0.154 e. The molecule has 1 aliphatic heterocycles. The lowest BCUT2D eigenvalue weighted by atomic mass is 10.0. The molecule has 0 amide bonds. The van der Waals surface area contributed by atoms with Crippen LogP contribution in [0, 0.1) is 5.92 Å². The van der Waals surface area contributed by atoms with E-state index in [1.807, 2.05) is 6.92 Å². The molecule has 0 bridgehead atoms. The van der Waals surface area contributed by atoms with Gasteiger partial charge < -0.3 is 4.90 Å². The molecule has 0 aliphatic carbocycles. The number of nitrogens with zero attached hydrogens (tertiary/aromatic N) is 1. The van der Waals surface area contributed by atoms with E-state index in [4.69, 9.17) is 0 Å². The Kier molecular flexibility index (Phi) is 3.51. The Hall–Kier alpha value is -1.31. The Labute approximate surface area is 104 Å². The SMILES string of the molecule is CCC(C)C(=O)CN1c2ccccc2CC1C. The Morgan fingerprint density at radius 3 is 2.88 bits per heavy atom. The van der Waals surface area contributed by atoms with Crippen LogP contribution in [0.15, 0.2) is 24.3 Å². The van der Waals surface area contributed by atoms with E-state index in [-0.39, 0.29) is 5.92 Å². The van der Waals surface area contributed by atoms with Crippen LogP contribution in [-0.4, -0.2) is 18.4 Å². The summed E-state index contributed by atoms with van der Waals surface area (Å²) >= 11 is 0. The molecule has 2 atom stereocenters. The molecule has 0 saturated carbocycles. The summed E-state index contributed by atoms with van der Waals surface area (Å²) < 4.78 is 0. The molecule has 17 heavy (non-hydrogen) atoms. The first-order valence-electron chi connectivity index (χ1n) is 6.50. The fraction of sp³-hybridized carbons (Fsp3) is 0.533. The molecule has 1 aliphatic rings. The van der Waals surface area contributed by atoms with Crippen molar-refractivity contribution in [2.75, 3.05) is 11.4 Å². The zero-order chi connectivity index (χ0) is 12.4. The molecule has 0 radical (unpaired) electrons. The maximum Gasteiger partial charge on any atom is 0.154 e. The fourth-order valence-corrected chi connectivity index (χ4v) is 2.42. The standard InChI is InChI=1S/C15H21NO/c1-4-11(2)15(17)10-16-12(3)9-13-7-5-6-8-14(13)16/h5-8,11-12H,4,9-10H2,1-3H3. The minimum absolute atomic E-state index is 0.176. The third-order valence-electron chi connectivity index (χ3n) is 3.84. The second-order valence-electron chi connectivity index (χ2n) is 5.09. The average molecular weight is 231 g/mol.